The molecule has 166 valence electrons. The Bertz CT molecular complexity index is 613. The quantitative estimate of drug-likeness (QED) is 0.206. The van der Waals surface area contributed by atoms with E-state index in [9.17, 15) is 29.1 Å². The molecule has 0 aliphatic rings. The molecule has 0 saturated heterocycles. The molecule has 0 rings (SSSR count). The van der Waals surface area contributed by atoms with Crippen LogP contribution in [0.2, 0.25) is 0 Å². The zero-order valence-electron chi connectivity index (χ0n) is 16.9. The largest absolute Gasteiger partial charge is 0.481 e. The van der Waals surface area contributed by atoms with Crippen molar-refractivity contribution in [3.8, 4) is 0 Å². The lowest BCUT2D eigenvalue weighted by Gasteiger charge is -2.25. The Morgan fingerprint density at radius 2 is 1.41 bits per heavy atom. The molecule has 4 unspecified atom stereocenters. The summed E-state index contributed by atoms with van der Waals surface area (Å²) < 4.78 is 0. The van der Waals surface area contributed by atoms with E-state index in [0.29, 0.717) is 5.75 Å². The lowest BCUT2D eigenvalue weighted by atomic mass is 10.0. The van der Waals surface area contributed by atoms with E-state index in [1.165, 1.54) is 18.7 Å². The van der Waals surface area contributed by atoms with Crippen LogP contribution in [0.15, 0.2) is 0 Å². The molecule has 0 aliphatic carbocycles. The highest BCUT2D eigenvalue weighted by Crippen LogP contribution is 2.06. The molecule has 12 heteroatoms. The molecule has 0 fully saturated rings. The highest BCUT2D eigenvalue weighted by Gasteiger charge is 2.31. The third-order valence-corrected chi connectivity index (χ3v) is 4.54. The van der Waals surface area contributed by atoms with Gasteiger partial charge in [-0.05, 0) is 31.3 Å². The molecule has 0 aliphatic heterocycles. The first-order valence-corrected chi connectivity index (χ1v) is 10.4. The number of thioether (sulfide) groups is 1. The monoisotopic (exact) mass is 434 g/mol. The van der Waals surface area contributed by atoms with Gasteiger partial charge in [-0.1, -0.05) is 13.8 Å². The fourth-order valence-electron chi connectivity index (χ4n) is 2.23. The number of carboxylic acids is 2. The van der Waals surface area contributed by atoms with Crippen LogP contribution in [0.25, 0.3) is 0 Å². The molecule has 0 spiro atoms. The van der Waals surface area contributed by atoms with Gasteiger partial charge >= 0.3 is 11.9 Å². The van der Waals surface area contributed by atoms with Crippen LogP contribution in [0.4, 0.5) is 0 Å². The molecule has 3 amide bonds. The second-order valence-corrected chi connectivity index (χ2v) is 7.84. The summed E-state index contributed by atoms with van der Waals surface area (Å²) in [7, 11) is 0. The maximum atomic E-state index is 12.6. The highest BCUT2D eigenvalue weighted by molar-refractivity contribution is 7.98. The van der Waals surface area contributed by atoms with Crippen molar-refractivity contribution in [3.63, 3.8) is 0 Å². The first-order chi connectivity index (χ1) is 13.4. The summed E-state index contributed by atoms with van der Waals surface area (Å²) in [5.74, 6) is -4.75. The normalized spacial score (nSPS) is 15.0. The number of amides is 3. The topological polar surface area (TPSA) is 188 Å². The fraction of sp³-hybridized carbons (Fsp3) is 0.706. The van der Waals surface area contributed by atoms with Gasteiger partial charge < -0.3 is 31.9 Å². The van der Waals surface area contributed by atoms with Crippen LogP contribution in [-0.4, -0.2) is 76.0 Å². The van der Waals surface area contributed by atoms with Gasteiger partial charge in [0.15, 0.2) is 0 Å². The summed E-state index contributed by atoms with van der Waals surface area (Å²) in [5, 5.41) is 25.3. The zero-order chi connectivity index (χ0) is 22.7. The van der Waals surface area contributed by atoms with Crippen LogP contribution in [0.3, 0.4) is 0 Å². The first-order valence-electron chi connectivity index (χ1n) is 9.00. The maximum Gasteiger partial charge on any atom is 0.326 e. The number of carbonyl (C=O) groups is 5. The Hall–Kier alpha value is -2.34. The van der Waals surface area contributed by atoms with Gasteiger partial charge in [0.05, 0.1) is 12.5 Å². The van der Waals surface area contributed by atoms with Crippen LogP contribution in [0, 0.1) is 5.92 Å². The molecule has 7 N–H and O–H groups in total. The lowest BCUT2D eigenvalue weighted by molar-refractivity contribution is -0.144. The number of hydrogen-bond donors (Lipinski definition) is 6. The van der Waals surface area contributed by atoms with Crippen LogP contribution < -0.4 is 21.7 Å². The SMILES string of the molecule is CSCCC(NC(=O)C(CC(=O)O)NC(=O)C(C)N)C(=O)NC(C(=O)O)C(C)C. The van der Waals surface area contributed by atoms with Crippen molar-refractivity contribution in [1.82, 2.24) is 16.0 Å². The van der Waals surface area contributed by atoms with Crippen molar-refractivity contribution in [2.75, 3.05) is 12.0 Å². The van der Waals surface area contributed by atoms with E-state index < -0.39 is 66.2 Å². The van der Waals surface area contributed by atoms with Crippen molar-refractivity contribution in [2.24, 2.45) is 11.7 Å². The van der Waals surface area contributed by atoms with E-state index >= 15 is 0 Å². The zero-order valence-corrected chi connectivity index (χ0v) is 17.7. The van der Waals surface area contributed by atoms with Crippen molar-refractivity contribution in [3.05, 3.63) is 0 Å². The number of rotatable bonds is 13. The highest BCUT2D eigenvalue weighted by atomic mass is 32.2. The fourth-order valence-corrected chi connectivity index (χ4v) is 2.70. The average Bonchev–Trinajstić information content (AvgIpc) is 2.60. The minimum absolute atomic E-state index is 0.185. The van der Waals surface area contributed by atoms with Gasteiger partial charge in [-0.2, -0.15) is 11.8 Å². The molecule has 0 heterocycles. The minimum atomic E-state index is -1.43. The Labute approximate surface area is 173 Å². The van der Waals surface area contributed by atoms with Gasteiger partial charge in [0.2, 0.25) is 17.7 Å². The summed E-state index contributed by atoms with van der Waals surface area (Å²) in [5.41, 5.74) is 5.43. The van der Waals surface area contributed by atoms with E-state index in [4.69, 9.17) is 10.8 Å². The van der Waals surface area contributed by atoms with Gasteiger partial charge in [-0.15, -0.1) is 0 Å². The van der Waals surface area contributed by atoms with Crippen molar-refractivity contribution in [1.29, 1.82) is 0 Å². The number of aliphatic carboxylic acids is 2. The standard InChI is InChI=1S/C17H30N4O7S/c1-8(2)13(17(27)28)21-15(25)10(5-6-29-4)19-16(26)11(7-12(22)23)20-14(24)9(3)18/h8-11,13H,5-7,18H2,1-4H3,(H,19,26)(H,20,24)(H,21,25)(H,22,23)(H,27,28). The molecule has 4 atom stereocenters. The van der Waals surface area contributed by atoms with Crippen LogP contribution >= 0.6 is 11.8 Å². The van der Waals surface area contributed by atoms with E-state index in [1.54, 1.807) is 20.1 Å². The Morgan fingerprint density at radius 3 is 1.83 bits per heavy atom. The summed E-state index contributed by atoms with van der Waals surface area (Å²) in [6, 6.07) is -4.64. The predicted octanol–water partition coefficient (Wildman–Crippen LogP) is -1.24. The van der Waals surface area contributed by atoms with Crippen LogP contribution in [0.5, 0.6) is 0 Å². The van der Waals surface area contributed by atoms with E-state index in [2.05, 4.69) is 16.0 Å². The molecular formula is C17H30N4O7S. The van der Waals surface area contributed by atoms with Gasteiger partial charge in [0.25, 0.3) is 0 Å². The smallest absolute Gasteiger partial charge is 0.326 e. The molecule has 0 aromatic heterocycles. The van der Waals surface area contributed by atoms with Gasteiger partial charge in [0.1, 0.15) is 18.1 Å². The van der Waals surface area contributed by atoms with Gasteiger partial charge in [-0.3, -0.25) is 19.2 Å². The molecule has 0 radical (unpaired) electrons. The molecular weight excluding hydrogens is 404 g/mol. The number of nitrogens with one attached hydrogen (secondary N) is 3. The van der Waals surface area contributed by atoms with E-state index in [1.807, 2.05) is 0 Å². The second kappa shape index (κ2) is 13.0. The second-order valence-electron chi connectivity index (χ2n) is 6.86. The number of carboxylic acid groups (broad SMARTS) is 2. The molecule has 0 aromatic rings. The summed E-state index contributed by atoms with van der Waals surface area (Å²) in [4.78, 5) is 59.2. The van der Waals surface area contributed by atoms with Gasteiger partial charge in [-0.25, -0.2) is 4.79 Å². The average molecular weight is 435 g/mol. The molecule has 0 bridgehead atoms. The number of carbonyl (C=O) groups excluding carboxylic acids is 3. The van der Waals surface area contributed by atoms with Crippen molar-refractivity contribution < 1.29 is 34.2 Å². The lowest BCUT2D eigenvalue weighted by Crippen LogP contribution is -2.57. The predicted molar refractivity (Wildman–Crippen MR) is 107 cm³/mol. The minimum Gasteiger partial charge on any atom is -0.481 e. The Balaban J connectivity index is 5.39. The summed E-state index contributed by atoms with van der Waals surface area (Å²) >= 11 is 1.41. The molecule has 0 saturated carbocycles. The van der Waals surface area contributed by atoms with Crippen molar-refractivity contribution >= 4 is 41.4 Å². The van der Waals surface area contributed by atoms with Crippen molar-refractivity contribution in [2.45, 2.75) is 57.8 Å². The van der Waals surface area contributed by atoms with Crippen LogP contribution in [-0.2, 0) is 24.0 Å². The Kier molecular flexibility index (Phi) is 11.9. The third-order valence-electron chi connectivity index (χ3n) is 3.90. The van der Waals surface area contributed by atoms with Gasteiger partial charge in [0, 0.05) is 0 Å². The third kappa shape index (κ3) is 10.1. The first kappa shape index (κ1) is 26.7. The maximum absolute atomic E-state index is 12.6. The summed E-state index contributed by atoms with van der Waals surface area (Å²) in [6.45, 7) is 4.62. The van der Waals surface area contributed by atoms with E-state index in [0.717, 1.165) is 0 Å². The number of hydrogen-bond acceptors (Lipinski definition) is 7. The Morgan fingerprint density at radius 1 is 0.897 bits per heavy atom. The molecule has 29 heavy (non-hydrogen) atoms. The summed E-state index contributed by atoms with van der Waals surface area (Å²) in [6.07, 6.45) is 1.27. The molecule has 0 aromatic carbocycles. The number of nitrogens with two attached hydrogens (primary N) is 1. The molecule has 11 nitrogen and oxygen atoms in total. The van der Waals surface area contributed by atoms with E-state index in [-0.39, 0.29) is 6.42 Å². The van der Waals surface area contributed by atoms with Crippen LogP contribution in [0.1, 0.15) is 33.6 Å².